The number of ether oxygens (including phenoxy) is 1. The van der Waals surface area contributed by atoms with Gasteiger partial charge in [0.2, 0.25) is 0 Å². The van der Waals surface area contributed by atoms with E-state index < -0.39 is 34.4 Å². The van der Waals surface area contributed by atoms with Gasteiger partial charge >= 0.3 is 11.9 Å². The number of aliphatic hydroxyl groups is 1. The number of carbonyl (C=O) groups excluding carboxylic acids is 3. The van der Waals surface area contributed by atoms with Crippen molar-refractivity contribution in [3.8, 4) is 0 Å². The van der Waals surface area contributed by atoms with Gasteiger partial charge in [0, 0.05) is 17.7 Å². The molecule has 1 amide bonds. The summed E-state index contributed by atoms with van der Waals surface area (Å²) < 4.78 is 5.04. The molecular weight excluding hydrogens is 474 g/mol. The zero-order chi connectivity index (χ0) is 25.3. The number of nitro benzene ring substituents is 1. The maximum absolute atomic E-state index is 13.2. The van der Waals surface area contributed by atoms with Crippen LogP contribution in [0, 0.1) is 17.0 Å². The van der Waals surface area contributed by atoms with Crippen LogP contribution in [0.15, 0.2) is 60.2 Å². The Bertz CT molecular complexity index is 1380. The predicted octanol–water partition coefficient (Wildman–Crippen LogP) is 4.16. The third-order valence-electron chi connectivity index (χ3n) is 5.34. The molecule has 178 valence electrons. The van der Waals surface area contributed by atoms with Crippen LogP contribution in [-0.4, -0.2) is 39.3 Å². The van der Waals surface area contributed by atoms with Crippen LogP contribution in [0.3, 0.4) is 0 Å². The molecule has 0 radical (unpaired) electrons. The van der Waals surface area contributed by atoms with Gasteiger partial charge in [-0.05, 0) is 19.4 Å². The maximum atomic E-state index is 13.2. The predicted molar refractivity (Wildman–Crippen MR) is 127 cm³/mol. The van der Waals surface area contributed by atoms with Gasteiger partial charge in [0.15, 0.2) is 5.13 Å². The van der Waals surface area contributed by atoms with Crippen molar-refractivity contribution in [2.75, 3.05) is 11.5 Å². The summed E-state index contributed by atoms with van der Waals surface area (Å²) in [6, 6.07) is 12.4. The molecule has 1 saturated heterocycles. The highest BCUT2D eigenvalue weighted by atomic mass is 32.1. The summed E-state index contributed by atoms with van der Waals surface area (Å²) in [5, 5.41) is 22.5. The van der Waals surface area contributed by atoms with Gasteiger partial charge in [-0.2, -0.15) is 0 Å². The first-order valence-electron chi connectivity index (χ1n) is 10.5. The molecule has 4 rings (SSSR count). The normalized spacial score (nSPS) is 17.0. The lowest BCUT2D eigenvalue weighted by Gasteiger charge is -2.22. The Labute approximate surface area is 203 Å². The molecule has 1 aliphatic heterocycles. The van der Waals surface area contributed by atoms with Gasteiger partial charge in [-0.1, -0.05) is 53.8 Å². The summed E-state index contributed by atoms with van der Waals surface area (Å²) >= 11 is 0.858. The summed E-state index contributed by atoms with van der Waals surface area (Å²) in [4.78, 5) is 55.0. The summed E-state index contributed by atoms with van der Waals surface area (Å²) in [6.45, 7) is 3.36. The van der Waals surface area contributed by atoms with Crippen LogP contribution < -0.4 is 4.90 Å². The number of rotatable bonds is 6. The van der Waals surface area contributed by atoms with Gasteiger partial charge in [0.1, 0.15) is 10.6 Å². The van der Waals surface area contributed by atoms with Crippen molar-refractivity contribution in [3.63, 3.8) is 0 Å². The van der Waals surface area contributed by atoms with Gasteiger partial charge in [-0.3, -0.25) is 24.6 Å². The number of aliphatic hydroxyl groups excluding tert-OH is 1. The molecule has 0 spiro atoms. The fraction of sp³-hybridized carbons (Fsp3) is 0.167. The summed E-state index contributed by atoms with van der Waals surface area (Å²) in [5.74, 6) is -3.01. The third-order valence-corrected chi connectivity index (χ3v) is 6.48. The second-order valence-electron chi connectivity index (χ2n) is 7.52. The number of nitrogens with zero attached hydrogens (tertiary/aromatic N) is 3. The number of nitro groups is 1. The van der Waals surface area contributed by atoms with Crippen LogP contribution in [0.5, 0.6) is 0 Å². The van der Waals surface area contributed by atoms with E-state index in [0.29, 0.717) is 11.3 Å². The van der Waals surface area contributed by atoms with E-state index >= 15 is 0 Å². The van der Waals surface area contributed by atoms with Gasteiger partial charge in [-0.25, -0.2) is 9.78 Å². The molecule has 2 heterocycles. The van der Waals surface area contributed by atoms with Crippen LogP contribution in [0.2, 0.25) is 0 Å². The number of hydrogen-bond acceptors (Lipinski definition) is 9. The van der Waals surface area contributed by atoms with E-state index in [1.807, 2.05) is 0 Å². The lowest BCUT2D eigenvalue weighted by molar-refractivity contribution is -0.384. The highest BCUT2D eigenvalue weighted by Crippen LogP contribution is 2.44. The number of carbonyl (C=O) groups is 3. The van der Waals surface area contributed by atoms with Crippen molar-refractivity contribution in [2.45, 2.75) is 19.9 Å². The largest absolute Gasteiger partial charge is 0.507 e. The van der Waals surface area contributed by atoms with E-state index in [1.54, 1.807) is 44.2 Å². The Morgan fingerprint density at radius 1 is 1.20 bits per heavy atom. The quantitative estimate of drug-likeness (QED) is 0.135. The maximum Gasteiger partial charge on any atom is 0.350 e. The minimum absolute atomic E-state index is 0.0243. The Morgan fingerprint density at radius 2 is 1.91 bits per heavy atom. The average Bonchev–Trinajstić information content (AvgIpc) is 3.36. The van der Waals surface area contributed by atoms with Crippen LogP contribution in [-0.2, 0) is 14.3 Å². The van der Waals surface area contributed by atoms with Crippen molar-refractivity contribution in [2.24, 2.45) is 0 Å². The van der Waals surface area contributed by atoms with Crippen molar-refractivity contribution in [1.29, 1.82) is 0 Å². The smallest absolute Gasteiger partial charge is 0.350 e. The lowest BCUT2D eigenvalue weighted by Crippen LogP contribution is -2.29. The molecule has 0 saturated carbocycles. The first kappa shape index (κ1) is 23.8. The number of non-ortho nitro benzene ring substituents is 1. The van der Waals surface area contributed by atoms with E-state index in [1.165, 1.54) is 24.3 Å². The van der Waals surface area contributed by atoms with E-state index in [9.17, 15) is 29.6 Å². The molecule has 0 aliphatic carbocycles. The molecule has 11 heteroatoms. The SMILES string of the molecule is CCOC(=O)c1sc(N2C(=O)C(=O)/C(=C(/O)c3ccccc3)C2c2cccc([N+](=O)[O-])c2)nc1C. The minimum Gasteiger partial charge on any atom is -0.507 e. The molecule has 1 N–H and O–H groups in total. The minimum atomic E-state index is -1.21. The van der Waals surface area contributed by atoms with E-state index in [2.05, 4.69) is 4.98 Å². The van der Waals surface area contributed by atoms with Crippen LogP contribution in [0.4, 0.5) is 10.8 Å². The number of anilines is 1. The van der Waals surface area contributed by atoms with Gasteiger partial charge < -0.3 is 9.84 Å². The second kappa shape index (κ2) is 9.47. The number of ketones is 1. The topological polar surface area (TPSA) is 140 Å². The standard InChI is InChI=1S/C24H19N3O7S/c1-3-34-23(31)21-13(2)25-24(35-21)26-18(15-10-7-11-16(12-15)27(32)33)17(20(29)22(26)30)19(28)14-8-5-4-6-9-14/h4-12,18,28H,3H2,1-2H3/b19-17+. The first-order valence-corrected chi connectivity index (χ1v) is 11.3. The summed E-state index contributed by atoms with van der Waals surface area (Å²) in [6.07, 6.45) is 0. The number of Topliss-reactive ketones (excluding diaryl/α,β-unsaturated/α-hetero) is 1. The summed E-state index contributed by atoms with van der Waals surface area (Å²) in [5.41, 5.74) is 0.318. The highest BCUT2D eigenvalue weighted by Gasteiger charge is 2.48. The van der Waals surface area contributed by atoms with Crippen LogP contribution in [0.25, 0.3) is 5.76 Å². The van der Waals surface area contributed by atoms with Gasteiger partial charge in [0.25, 0.3) is 11.5 Å². The summed E-state index contributed by atoms with van der Waals surface area (Å²) in [7, 11) is 0. The molecule has 10 nitrogen and oxygen atoms in total. The molecule has 3 aromatic rings. The number of benzene rings is 2. The number of esters is 1. The Morgan fingerprint density at radius 3 is 2.57 bits per heavy atom. The zero-order valence-electron chi connectivity index (χ0n) is 18.6. The number of aromatic nitrogens is 1. The Balaban J connectivity index is 1.94. The molecule has 1 aliphatic rings. The molecule has 1 unspecified atom stereocenters. The van der Waals surface area contributed by atoms with Gasteiger partial charge in [-0.15, -0.1) is 0 Å². The highest BCUT2D eigenvalue weighted by molar-refractivity contribution is 7.17. The van der Waals surface area contributed by atoms with Crippen molar-refractivity contribution >= 4 is 45.6 Å². The monoisotopic (exact) mass is 493 g/mol. The van der Waals surface area contributed by atoms with Gasteiger partial charge in [0.05, 0.1) is 28.8 Å². The third kappa shape index (κ3) is 4.28. The van der Waals surface area contributed by atoms with Crippen molar-refractivity contribution in [3.05, 3.63) is 92.0 Å². The lowest BCUT2D eigenvalue weighted by atomic mass is 9.95. The Kier molecular flexibility index (Phi) is 6.43. The Hall–Kier alpha value is -4.38. The molecule has 1 fully saturated rings. The molecule has 0 bridgehead atoms. The molecule has 1 atom stereocenters. The van der Waals surface area contributed by atoms with Crippen LogP contribution in [0.1, 0.15) is 39.5 Å². The number of amides is 1. The molecule has 1 aromatic heterocycles. The first-order chi connectivity index (χ1) is 16.7. The van der Waals surface area contributed by atoms with Crippen molar-refractivity contribution < 1.29 is 29.2 Å². The zero-order valence-corrected chi connectivity index (χ0v) is 19.4. The second-order valence-corrected chi connectivity index (χ2v) is 8.50. The number of thiazole rings is 1. The fourth-order valence-corrected chi connectivity index (χ4v) is 4.76. The number of aryl methyl sites for hydroxylation is 1. The fourth-order valence-electron chi connectivity index (χ4n) is 3.78. The van der Waals surface area contributed by atoms with E-state index in [0.717, 1.165) is 16.2 Å². The number of hydrogen-bond donors (Lipinski definition) is 1. The van der Waals surface area contributed by atoms with Crippen LogP contribution >= 0.6 is 11.3 Å². The molecular formula is C24H19N3O7S. The van der Waals surface area contributed by atoms with E-state index in [4.69, 9.17) is 4.74 Å². The van der Waals surface area contributed by atoms with E-state index in [-0.39, 0.29) is 33.4 Å². The molecule has 35 heavy (non-hydrogen) atoms. The molecule has 2 aromatic carbocycles. The average molecular weight is 493 g/mol. The van der Waals surface area contributed by atoms with Crippen molar-refractivity contribution in [1.82, 2.24) is 4.98 Å².